The number of piperazine rings is 1. The number of carbonyl (C=O) groups excluding carboxylic acids is 2. The van der Waals surface area contributed by atoms with Gasteiger partial charge in [0.2, 0.25) is 0 Å². The van der Waals surface area contributed by atoms with Gasteiger partial charge in [0, 0.05) is 82.4 Å². The van der Waals surface area contributed by atoms with Gasteiger partial charge in [0.25, 0.3) is 11.6 Å². The van der Waals surface area contributed by atoms with Gasteiger partial charge in [0.15, 0.2) is 5.78 Å². The van der Waals surface area contributed by atoms with E-state index in [1.807, 2.05) is 34.5 Å². The average molecular weight is 480 g/mol. The van der Waals surface area contributed by atoms with E-state index in [4.69, 9.17) is 0 Å². The molecule has 1 aliphatic heterocycles. The monoisotopic (exact) mass is 479 g/mol. The number of nitro benzene ring substituents is 1. The molecule has 2 aromatic heterocycles. The lowest BCUT2D eigenvalue weighted by Crippen LogP contribution is -2.48. The van der Waals surface area contributed by atoms with E-state index in [0.29, 0.717) is 30.9 Å². The average Bonchev–Trinajstić information content (AvgIpc) is 3.46. The van der Waals surface area contributed by atoms with E-state index in [1.54, 1.807) is 23.5 Å². The fourth-order valence-corrected chi connectivity index (χ4v) is 6.14. The van der Waals surface area contributed by atoms with E-state index in [9.17, 15) is 19.7 Å². The molecule has 3 heterocycles. The highest BCUT2D eigenvalue weighted by atomic mass is 32.1. The maximum absolute atomic E-state index is 13.0. The van der Waals surface area contributed by atoms with Crippen molar-refractivity contribution >= 4 is 60.2 Å². The highest BCUT2D eigenvalue weighted by Gasteiger charge is 2.24. The lowest BCUT2D eigenvalue weighted by Gasteiger charge is -2.34. The second-order valence-corrected chi connectivity index (χ2v) is 10.0. The molecular formula is C24H21N3O4S2. The molecule has 1 saturated heterocycles. The Labute approximate surface area is 198 Å². The Bertz CT molecular complexity index is 1370. The van der Waals surface area contributed by atoms with E-state index in [2.05, 4.69) is 4.90 Å². The molecule has 33 heavy (non-hydrogen) atoms. The number of fused-ring (bicyclic) bond motifs is 2. The van der Waals surface area contributed by atoms with Crippen molar-refractivity contribution in [3.63, 3.8) is 0 Å². The fourth-order valence-electron chi connectivity index (χ4n) is 4.17. The van der Waals surface area contributed by atoms with Gasteiger partial charge < -0.3 is 4.90 Å². The van der Waals surface area contributed by atoms with Crippen LogP contribution < -0.4 is 0 Å². The second kappa shape index (κ2) is 9.01. The molecule has 0 unspecified atom stereocenters. The normalized spacial score (nSPS) is 14.7. The number of nitrogens with zero attached hydrogens (tertiary/aromatic N) is 3. The first-order chi connectivity index (χ1) is 16.0. The quantitative estimate of drug-likeness (QED) is 0.219. The third-order valence-electron chi connectivity index (χ3n) is 6.02. The Hall–Kier alpha value is -3.14. The van der Waals surface area contributed by atoms with Crippen LogP contribution in [0.25, 0.3) is 20.2 Å². The van der Waals surface area contributed by atoms with Gasteiger partial charge in [-0.15, -0.1) is 22.7 Å². The highest BCUT2D eigenvalue weighted by molar-refractivity contribution is 7.20. The Morgan fingerprint density at radius 2 is 1.79 bits per heavy atom. The minimum Gasteiger partial charge on any atom is -0.335 e. The number of hydrogen-bond acceptors (Lipinski definition) is 7. The summed E-state index contributed by atoms with van der Waals surface area (Å²) in [5.74, 6) is 0.115. The largest absolute Gasteiger partial charge is 0.335 e. The van der Waals surface area contributed by atoms with Crippen LogP contribution in [0.4, 0.5) is 5.69 Å². The summed E-state index contributed by atoms with van der Waals surface area (Å²) in [5.41, 5.74) is 0.826. The van der Waals surface area contributed by atoms with Crippen LogP contribution >= 0.6 is 22.7 Å². The molecule has 0 bridgehead atoms. The zero-order valence-corrected chi connectivity index (χ0v) is 19.4. The molecule has 1 amide bonds. The number of nitro groups is 1. The maximum Gasteiger partial charge on any atom is 0.270 e. The van der Waals surface area contributed by atoms with Gasteiger partial charge in [-0.3, -0.25) is 24.6 Å². The lowest BCUT2D eigenvalue weighted by atomic mass is 10.1. The molecule has 168 valence electrons. The Morgan fingerprint density at radius 3 is 2.58 bits per heavy atom. The number of benzene rings is 2. The number of rotatable bonds is 6. The predicted octanol–water partition coefficient (Wildman–Crippen LogP) is 5.06. The first-order valence-corrected chi connectivity index (χ1v) is 12.4. The van der Waals surface area contributed by atoms with E-state index >= 15 is 0 Å². The van der Waals surface area contributed by atoms with Crippen molar-refractivity contribution in [2.45, 2.75) is 6.42 Å². The summed E-state index contributed by atoms with van der Waals surface area (Å²) in [4.78, 5) is 40.9. The molecule has 1 fully saturated rings. The summed E-state index contributed by atoms with van der Waals surface area (Å²) in [6.07, 6.45) is 0.462. The van der Waals surface area contributed by atoms with Crippen molar-refractivity contribution in [3.8, 4) is 0 Å². The summed E-state index contributed by atoms with van der Waals surface area (Å²) in [7, 11) is 0. The number of hydrogen-bond donors (Lipinski definition) is 0. The third-order valence-corrected chi connectivity index (χ3v) is 8.09. The zero-order valence-electron chi connectivity index (χ0n) is 17.7. The van der Waals surface area contributed by atoms with Gasteiger partial charge in [0.05, 0.1) is 9.80 Å². The Kier molecular flexibility index (Phi) is 5.92. The molecule has 0 radical (unpaired) electrons. The predicted molar refractivity (Wildman–Crippen MR) is 132 cm³/mol. The molecule has 5 rings (SSSR count). The summed E-state index contributed by atoms with van der Waals surface area (Å²) in [6, 6.07) is 14.4. The van der Waals surface area contributed by atoms with E-state index < -0.39 is 4.92 Å². The standard InChI is InChI=1S/C24H21N3O4S2/c28-20(19-15-32-22-4-2-1-3-18(19)22)7-8-25-9-11-26(12-10-25)24(29)23-14-16-13-17(27(30)31)5-6-21(16)33-23/h1-6,13-15H,7-12H2. The van der Waals surface area contributed by atoms with Crippen LogP contribution in [0.15, 0.2) is 53.9 Å². The van der Waals surface area contributed by atoms with Crippen molar-refractivity contribution in [2.75, 3.05) is 32.7 Å². The van der Waals surface area contributed by atoms with Crippen LogP contribution in [0, 0.1) is 10.1 Å². The molecule has 2 aromatic carbocycles. The van der Waals surface area contributed by atoms with Crippen LogP contribution in [0.3, 0.4) is 0 Å². The summed E-state index contributed by atoms with van der Waals surface area (Å²) < 4.78 is 1.99. The van der Waals surface area contributed by atoms with Gasteiger partial charge in [0.1, 0.15) is 0 Å². The van der Waals surface area contributed by atoms with Crippen molar-refractivity contribution in [1.29, 1.82) is 0 Å². The van der Waals surface area contributed by atoms with Gasteiger partial charge in [-0.25, -0.2) is 0 Å². The van der Waals surface area contributed by atoms with Crippen LogP contribution in [0.5, 0.6) is 0 Å². The molecule has 0 spiro atoms. The van der Waals surface area contributed by atoms with Crippen molar-refractivity contribution in [1.82, 2.24) is 9.80 Å². The molecular weight excluding hydrogens is 458 g/mol. The highest BCUT2D eigenvalue weighted by Crippen LogP contribution is 2.30. The van der Waals surface area contributed by atoms with Crippen LogP contribution in [0.1, 0.15) is 26.5 Å². The Morgan fingerprint density at radius 1 is 1.00 bits per heavy atom. The summed E-state index contributed by atoms with van der Waals surface area (Å²) in [6.45, 7) is 3.32. The van der Waals surface area contributed by atoms with Gasteiger partial charge >= 0.3 is 0 Å². The Balaban J connectivity index is 1.17. The second-order valence-electron chi connectivity index (χ2n) is 8.04. The molecule has 1 aliphatic rings. The smallest absolute Gasteiger partial charge is 0.270 e. The van der Waals surface area contributed by atoms with E-state index in [0.717, 1.165) is 38.8 Å². The molecule has 0 aliphatic carbocycles. The van der Waals surface area contributed by atoms with Gasteiger partial charge in [-0.05, 0) is 18.2 Å². The van der Waals surface area contributed by atoms with Crippen LogP contribution in [-0.4, -0.2) is 59.1 Å². The SMILES string of the molecule is O=C(CCN1CCN(C(=O)c2cc3cc([N+](=O)[O-])ccc3s2)CC1)c1csc2ccccc12. The van der Waals surface area contributed by atoms with E-state index in [1.165, 1.54) is 23.5 Å². The number of carbonyl (C=O) groups is 2. The molecule has 0 N–H and O–H groups in total. The number of non-ortho nitro benzene ring substituents is 1. The van der Waals surface area contributed by atoms with Gasteiger partial charge in [-0.2, -0.15) is 0 Å². The van der Waals surface area contributed by atoms with Crippen LogP contribution in [0.2, 0.25) is 0 Å². The fraction of sp³-hybridized carbons (Fsp3) is 0.250. The van der Waals surface area contributed by atoms with Crippen molar-refractivity contribution in [2.24, 2.45) is 0 Å². The minimum absolute atomic E-state index is 0.0258. The molecule has 0 saturated carbocycles. The topological polar surface area (TPSA) is 83.8 Å². The first kappa shape index (κ1) is 21.7. The summed E-state index contributed by atoms with van der Waals surface area (Å²) in [5, 5.41) is 14.7. The number of amides is 1. The number of Topliss-reactive ketones (excluding diaryl/α,β-unsaturated/α-hetero) is 1. The molecule has 0 atom stereocenters. The van der Waals surface area contributed by atoms with Crippen LogP contribution in [-0.2, 0) is 0 Å². The van der Waals surface area contributed by atoms with E-state index in [-0.39, 0.29) is 17.4 Å². The lowest BCUT2D eigenvalue weighted by molar-refractivity contribution is -0.384. The van der Waals surface area contributed by atoms with Gasteiger partial charge in [-0.1, -0.05) is 18.2 Å². The first-order valence-electron chi connectivity index (χ1n) is 10.7. The van der Waals surface area contributed by atoms with Crippen molar-refractivity contribution < 1.29 is 14.5 Å². The number of thiophene rings is 2. The zero-order chi connectivity index (χ0) is 22.9. The third kappa shape index (κ3) is 4.39. The summed E-state index contributed by atoms with van der Waals surface area (Å²) >= 11 is 2.96. The molecule has 4 aromatic rings. The molecule has 7 nitrogen and oxygen atoms in total. The number of ketones is 1. The van der Waals surface area contributed by atoms with Crippen molar-refractivity contribution in [3.05, 3.63) is 74.5 Å². The molecule has 9 heteroatoms. The maximum atomic E-state index is 13.0. The minimum atomic E-state index is -0.427.